The fraction of sp³-hybridized carbons (Fsp3) is 0.455. The van der Waals surface area contributed by atoms with Gasteiger partial charge in [-0.3, -0.25) is 0 Å². The van der Waals surface area contributed by atoms with Gasteiger partial charge >= 0.3 is 0 Å². The highest BCUT2D eigenvalue weighted by Gasteiger charge is 2.14. The molecule has 15 heavy (non-hydrogen) atoms. The Bertz CT molecular complexity index is 383. The zero-order chi connectivity index (χ0) is 11.6. The smallest absolute Gasteiger partial charge is 0.113 e. The molecule has 1 unspecified atom stereocenters. The number of nitrogens with one attached hydrogen (secondary N) is 1. The molecule has 0 fully saturated rings. The molecule has 1 atom stereocenters. The van der Waals surface area contributed by atoms with Crippen molar-refractivity contribution in [3.63, 3.8) is 0 Å². The van der Waals surface area contributed by atoms with Crippen LogP contribution in [0.15, 0.2) is 18.2 Å². The summed E-state index contributed by atoms with van der Waals surface area (Å²) in [7, 11) is -1.07. The maximum absolute atomic E-state index is 11.0. The maximum atomic E-state index is 11.0. The Balaban J connectivity index is 3.11. The monoisotopic (exact) mass is 226 g/mol. The number of nitrogens with two attached hydrogens (primary N) is 1. The first-order valence-corrected chi connectivity index (χ1v) is 6.36. The van der Waals surface area contributed by atoms with Gasteiger partial charge in [-0.1, -0.05) is 20.8 Å². The first kappa shape index (κ1) is 12.0. The van der Waals surface area contributed by atoms with Crippen LogP contribution in [0.3, 0.4) is 0 Å². The number of benzene rings is 1. The molecule has 1 aromatic rings. The lowest BCUT2D eigenvalue weighted by atomic mass is 9.86. The summed E-state index contributed by atoms with van der Waals surface area (Å²) in [6.07, 6.45) is 1.60. The van der Waals surface area contributed by atoms with Crippen molar-refractivity contribution in [1.82, 2.24) is 0 Å². The van der Waals surface area contributed by atoms with Crippen molar-refractivity contribution in [2.24, 2.45) is 0 Å². The van der Waals surface area contributed by atoms with Gasteiger partial charge in [-0.2, -0.15) is 0 Å². The van der Waals surface area contributed by atoms with Gasteiger partial charge in [-0.25, -0.2) is 4.21 Å². The SMILES string of the molecule is CS(=O)Nc1cc(N)cc(C(C)(C)C)c1. The Morgan fingerprint density at radius 2 is 1.87 bits per heavy atom. The Morgan fingerprint density at radius 3 is 2.33 bits per heavy atom. The van der Waals surface area contributed by atoms with E-state index in [1.54, 1.807) is 12.3 Å². The van der Waals surface area contributed by atoms with Crippen molar-refractivity contribution in [3.8, 4) is 0 Å². The van der Waals surface area contributed by atoms with Crippen LogP contribution >= 0.6 is 0 Å². The largest absolute Gasteiger partial charge is 0.399 e. The second kappa shape index (κ2) is 4.23. The fourth-order valence-electron chi connectivity index (χ4n) is 1.31. The van der Waals surface area contributed by atoms with Gasteiger partial charge in [0, 0.05) is 17.6 Å². The molecule has 0 amide bonds. The van der Waals surface area contributed by atoms with E-state index >= 15 is 0 Å². The third-order valence-electron chi connectivity index (χ3n) is 2.08. The molecule has 3 nitrogen and oxygen atoms in total. The van der Waals surface area contributed by atoms with E-state index in [-0.39, 0.29) is 5.41 Å². The quantitative estimate of drug-likeness (QED) is 0.760. The highest BCUT2D eigenvalue weighted by atomic mass is 32.2. The van der Waals surface area contributed by atoms with Crippen LogP contribution in [0.1, 0.15) is 26.3 Å². The average Bonchev–Trinajstić information content (AvgIpc) is 1.99. The molecule has 0 spiro atoms. The second-order valence-corrected chi connectivity index (χ2v) is 5.76. The lowest BCUT2D eigenvalue weighted by Crippen LogP contribution is -2.12. The number of nitrogen functional groups attached to an aromatic ring is 1. The molecule has 0 bridgehead atoms. The van der Waals surface area contributed by atoms with E-state index in [0.29, 0.717) is 5.69 Å². The molecule has 0 aliphatic heterocycles. The summed E-state index contributed by atoms with van der Waals surface area (Å²) < 4.78 is 13.9. The van der Waals surface area contributed by atoms with Crippen molar-refractivity contribution in [3.05, 3.63) is 23.8 Å². The minimum atomic E-state index is -1.07. The number of anilines is 2. The molecule has 0 heterocycles. The van der Waals surface area contributed by atoms with Gasteiger partial charge in [0.05, 0.1) is 0 Å². The van der Waals surface area contributed by atoms with Crippen LogP contribution < -0.4 is 10.5 Å². The normalized spacial score (nSPS) is 13.6. The van der Waals surface area contributed by atoms with Crippen LogP contribution in [-0.4, -0.2) is 10.5 Å². The Morgan fingerprint density at radius 1 is 1.27 bits per heavy atom. The molecule has 0 aliphatic carbocycles. The predicted octanol–water partition coefficient (Wildman–Crippen LogP) is 2.27. The van der Waals surface area contributed by atoms with E-state index in [4.69, 9.17) is 5.73 Å². The zero-order valence-corrected chi connectivity index (χ0v) is 10.4. The molecule has 0 radical (unpaired) electrons. The van der Waals surface area contributed by atoms with Gasteiger partial charge in [-0.15, -0.1) is 0 Å². The van der Waals surface area contributed by atoms with Crippen LogP contribution in [0.4, 0.5) is 11.4 Å². The van der Waals surface area contributed by atoms with Crippen LogP contribution in [0, 0.1) is 0 Å². The van der Waals surface area contributed by atoms with Gasteiger partial charge in [0.1, 0.15) is 11.0 Å². The summed E-state index contributed by atoms with van der Waals surface area (Å²) in [6.45, 7) is 6.36. The maximum Gasteiger partial charge on any atom is 0.113 e. The molecule has 0 saturated carbocycles. The lowest BCUT2D eigenvalue weighted by Gasteiger charge is -2.20. The van der Waals surface area contributed by atoms with Gasteiger partial charge in [-0.05, 0) is 29.2 Å². The minimum Gasteiger partial charge on any atom is -0.399 e. The first-order valence-electron chi connectivity index (χ1n) is 4.80. The summed E-state index contributed by atoms with van der Waals surface area (Å²) in [5.41, 5.74) is 8.47. The Kier molecular flexibility index (Phi) is 3.39. The molecule has 0 aromatic heterocycles. The number of hydrogen-bond donors (Lipinski definition) is 2. The molecular weight excluding hydrogens is 208 g/mol. The van der Waals surface area contributed by atoms with Crippen LogP contribution in [-0.2, 0) is 16.4 Å². The summed E-state index contributed by atoms with van der Waals surface area (Å²) in [5, 5.41) is 0. The van der Waals surface area contributed by atoms with Crippen LogP contribution in [0.2, 0.25) is 0 Å². The summed E-state index contributed by atoms with van der Waals surface area (Å²) in [5.74, 6) is 0. The number of rotatable bonds is 2. The Hall–Kier alpha value is -1.03. The topological polar surface area (TPSA) is 55.1 Å². The van der Waals surface area contributed by atoms with Crippen molar-refractivity contribution in [1.29, 1.82) is 0 Å². The van der Waals surface area contributed by atoms with E-state index in [2.05, 4.69) is 25.5 Å². The molecule has 4 heteroatoms. The van der Waals surface area contributed by atoms with Crippen molar-refractivity contribution in [2.75, 3.05) is 16.7 Å². The minimum absolute atomic E-state index is 0.0427. The predicted molar refractivity (Wildman–Crippen MR) is 67.2 cm³/mol. The summed E-state index contributed by atoms with van der Waals surface area (Å²) in [6, 6.07) is 5.72. The average molecular weight is 226 g/mol. The van der Waals surface area contributed by atoms with E-state index in [0.717, 1.165) is 11.3 Å². The van der Waals surface area contributed by atoms with Crippen molar-refractivity contribution in [2.45, 2.75) is 26.2 Å². The summed E-state index contributed by atoms with van der Waals surface area (Å²) in [4.78, 5) is 0. The van der Waals surface area contributed by atoms with E-state index < -0.39 is 11.0 Å². The van der Waals surface area contributed by atoms with Crippen LogP contribution in [0.5, 0.6) is 0 Å². The fourth-order valence-corrected chi connectivity index (χ4v) is 1.76. The standard InChI is InChI=1S/C11H18N2OS/c1-11(2,3)8-5-9(12)7-10(6-8)13-15(4)14/h5-7,13H,12H2,1-4H3. The van der Waals surface area contributed by atoms with Gasteiger partial charge in [0.15, 0.2) is 0 Å². The Labute approximate surface area is 93.7 Å². The summed E-state index contributed by atoms with van der Waals surface area (Å²) >= 11 is 0. The molecule has 0 aliphatic rings. The van der Waals surface area contributed by atoms with Gasteiger partial charge < -0.3 is 10.5 Å². The molecular formula is C11H18N2OS. The highest BCUT2D eigenvalue weighted by molar-refractivity contribution is 7.85. The van der Waals surface area contributed by atoms with Crippen molar-refractivity contribution >= 4 is 22.4 Å². The molecule has 1 rings (SSSR count). The van der Waals surface area contributed by atoms with Crippen molar-refractivity contribution < 1.29 is 4.21 Å². The molecule has 1 aromatic carbocycles. The second-order valence-electron chi connectivity index (χ2n) is 4.65. The van der Waals surface area contributed by atoms with E-state index in [9.17, 15) is 4.21 Å². The molecule has 84 valence electrons. The van der Waals surface area contributed by atoms with Gasteiger partial charge in [0.25, 0.3) is 0 Å². The van der Waals surface area contributed by atoms with E-state index in [1.165, 1.54) is 0 Å². The number of hydrogen-bond acceptors (Lipinski definition) is 2. The zero-order valence-electron chi connectivity index (χ0n) is 9.63. The van der Waals surface area contributed by atoms with Gasteiger partial charge in [0.2, 0.25) is 0 Å². The van der Waals surface area contributed by atoms with Crippen LogP contribution in [0.25, 0.3) is 0 Å². The third-order valence-corrected chi connectivity index (χ3v) is 2.61. The lowest BCUT2D eigenvalue weighted by molar-refractivity contribution is 0.591. The molecule has 0 saturated heterocycles. The van der Waals surface area contributed by atoms with E-state index in [1.807, 2.05) is 12.1 Å². The first-order chi connectivity index (χ1) is 6.79. The third kappa shape index (κ3) is 3.55. The highest BCUT2D eigenvalue weighted by Crippen LogP contribution is 2.27. The molecule has 3 N–H and O–H groups in total.